The Kier molecular flexibility index (Phi) is 3.82. The van der Waals surface area contributed by atoms with E-state index in [-0.39, 0.29) is 6.04 Å². The number of allylic oxidation sites excluding steroid dienone is 1. The molecule has 5 nitrogen and oxygen atoms in total. The van der Waals surface area contributed by atoms with Crippen LogP contribution in [0.5, 0.6) is 5.75 Å². The van der Waals surface area contributed by atoms with E-state index in [9.17, 15) is 0 Å². The fourth-order valence-corrected chi connectivity index (χ4v) is 3.22. The fourth-order valence-electron chi connectivity index (χ4n) is 2.80. The van der Waals surface area contributed by atoms with Crippen molar-refractivity contribution in [2.24, 2.45) is 0 Å². The first-order valence-corrected chi connectivity index (χ1v) is 8.32. The highest BCUT2D eigenvalue weighted by Crippen LogP contribution is 2.33. The van der Waals surface area contributed by atoms with Gasteiger partial charge in [0.2, 0.25) is 5.95 Å². The van der Waals surface area contributed by atoms with Crippen LogP contribution in [0.25, 0.3) is 5.70 Å². The molecule has 0 saturated carbocycles. The zero-order valence-electron chi connectivity index (χ0n) is 13.0. The lowest BCUT2D eigenvalue weighted by Gasteiger charge is -2.24. The van der Waals surface area contributed by atoms with Gasteiger partial charge in [-0.05, 0) is 53.6 Å². The van der Waals surface area contributed by atoms with E-state index in [1.54, 1.807) is 13.4 Å². The molecule has 2 aromatic carbocycles. The molecule has 3 aromatic rings. The number of hydrogen-bond donors (Lipinski definition) is 1. The van der Waals surface area contributed by atoms with Gasteiger partial charge in [0.25, 0.3) is 0 Å². The molecule has 1 aliphatic heterocycles. The number of fused-ring (bicyclic) bond motifs is 1. The molecule has 1 N–H and O–H groups in total. The smallest absolute Gasteiger partial charge is 0.226 e. The first-order valence-electron chi connectivity index (χ1n) is 7.53. The first kappa shape index (κ1) is 15.0. The fraction of sp³-hybridized carbons (Fsp3) is 0.111. The number of hydrogen-bond acceptors (Lipinski definition) is 4. The molecule has 0 bridgehead atoms. The van der Waals surface area contributed by atoms with Gasteiger partial charge in [-0.1, -0.05) is 28.1 Å². The zero-order valence-corrected chi connectivity index (χ0v) is 14.6. The van der Waals surface area contributed by atoms with Gasteiger partial charge in [0.15, 0.2) is 0 Å². The maximum atomic E-state index is 5.23. The van der Waals surface area contributed by atoms with E-state index in [0.29, 0.717) is 0 Å². The molecule has 0 spiro atoms. The number of anilines is 1. The summed E-state index contributed by atoms with van der Waals surface area (Å²) in [5.41, 5.74) is 3.22. The molecular formula is C18H15BrN4O. The number of benzene rings is 2. The minimum absolute atomic E-state index is 0.0154. The van der Waals surface area contributed by atoms with Crippen LogP contribution in [0, 0.1) is 0 Å². The Bertz CT molecular complexity index is 901. The molecule has 0 unspecified atom stereocenters. The van der Waals surface area contributed by atoms with Crippen LogP contribution in [-0.4, -0.2) is 21.9 Å². The Labute approximate surface area is 148 Å². The summed E-state index contributed by atoms with van der Waals surface area (Å²) >= 11 is 3.54. The summed E-state index contributed by atoms with van der Waals surface area (Å²) in [6.07, 6.45) is 3.73. The maximum absolute atomic E-state index is 5.23. The third-order valence-electron chi connectivity index (χ3n) is 4.00. The number of halogens is 1. The predicted octanol–water partition coefficient (Wildman–Crippen LogP) is 4.11. The Balaban J connectivity index is 1.78. The molecule has 4 rings (SSSR count). The van der Waals surface area contributed by atoms with Crippen molar-refractivity contribution >= 4 is 27.6 Å². The van der Waals surface area contributed by atoms with Crippen LogP contribution in [-0.2, 0) is 0 Å². The summed E-state index contributed by atoms with van der Waals surface area (Å²) in [4.78, 5) is 4.33. The second kappa shape index (κ2) is 6.13. The van der Waals surface area contributed by atoms with Crippen molar-refractivity contribution in [3.8, 4) is 5.75 Å². The van der Waals surface area contributed by atoms with E-state index in [1.165, 1.54) is 0 Å². The van der Waals surface area contributed by atoms with Gasteiger partial charge >= 0.3 is 0 Å². The predicted molar refractivity (Wildman–Crippen MR) is 96.9 cm³/mol. The standard InChI is InChI=1S/C18H15BrN4O/c1-24-15-7-5-12(6-8-15)16-10-17(13-3-2-4-14(19)9-13)23-18(22-16)20-11-21-23/h2-11,17H,1H3,(H,20,21,22)/t17-/m1/s1. The summed E-state index contributed by atoms with van der Waals surface area (Å²) < 4.78 is 8.16. The van der Waals surface area contributed by atoms with Gasteiger partial charge in [-0.25, -0.2) is 4.68 Å². The van der Waals surface area contributed by atoms with E-state index in [0.717, 1.165) is 33.0 Å². The average Bonchev–Trinajstić information content (AvgIpc) is 3.09. The van der Waals surface area contributed by atoms with Crippen molar-refractivity contribution in [1.82, 2.24) is 14.8 Å². The molecule has 2 heterocycles. The van der Waals surface area contributed by atoms with Crippen LogP contribution < -0.4 is 10.1 Å². The van der Waals surface area contributed by atoms with E-state index in [1.807, 2.05) is 41.1 Å². The molecule has 1 aromatic heterocycles. The second-order valence-electron chi connectivity index (χ2n) is 5.46. The van der Waals surface area contributed by atoms with Crippen LogP contribution >= 0.6 is 15.9 Å². The van der Waals surface area contributed by atoms with Gasteiger partial charge in [-0.2, -0.15) is 10.1 Å². The van der Waals surface area contributed by atoms with Gasteiger partial charge in [0.05, 0.1) is 7.11 Å². The number of nitrogens with one attached hydrogen (secondary N) is 1. The number of methoxy groups -OCH3 is 1. The quantitative estimate of drug-likeness (QED) is 0.740. The normalized spacial score (nSPS) is 16.1. The molecule has 0 aliphatic carbocycles. The zero-order chi connectivity index (χ0) is 16.5. The van der Waals surface area contributed by atoms with Gasteiger partial charge in [-0.3, -0.25) is 0 Å². The third-order valence-corrected chi connectivity index (χ3v) is 4.49. The van der Waals surface area contributed by atoms with Gasteiger partial charge in [-0.15, -0.1) is 0 Å². The van der Waals surface area contributed by atoms with Crippen molar-refractivity contribution in [3.05, 3.63) is 76.5 Å². The lowest BCUT2D eigenvalue weighted by molar-refractivity contribution is 0.415. The first-order chi connectivity index (χ1) is 11.7. The Morgan fingerprint density at radius 3 is 2.75 bits per heavy atom. The Hall–Kier alpha value is -2.60. The molecular weight excluding hydrogens is 368 g/mol. The van der Waals surface area contributed by atoms with Crippen molar-refractivity contribution < 1.29 is 4.74 Å². The van der Waals surface area contributed by atoms with Crippen molar-refractivity contribution in [1.29, 1.82) is 0 Å². The molecule has 0 saturated heterocycles. The lowest BCUT2D eigenvalue weighted by Crippen LogP contribution is -2.20. The summed E-state index contributed by atoms with van der Waals surface area (Å²) in [6, 6.07) is 16.2. The molecule has 120 valence electrons. The highest BCUT2D eigenvalue weighted by atomic mass is 79.9. The van der Waals surface area contributed by atoms with E-state index >= 15 is 0 Å². The minimum Gasteiger partial charge on any atom is -0.497 e. The van der Waals surface area contributed by atoms with Gasteiger partial charge in [0, 0.05) is 10.2 Å². The van der Waals surface area contributed by atoms with Crippen molar-refractivity contribution in [2.75, 3.05) is 12.4 Å². The van der Waals surface area contributed by atoms with Crippen LogP contribution in [0.1, 0.15) is 17.2 Å². The number of rotatable bonds is 3. The average molecular weight is 383 g/mol. The number of nitrogens with zero attached hydrogens (tertiary/aromatic N) is 3. The summed E-state index contributed by atoms with van der Waals surface area (Å²) in [7, 11) is 1.67. The Morgan fingerprint density at radius 2 is 2.00 bits per heavy atom. The molecule has 0 fully saturated rings. The highest BCUT2D eigenvalue weighted by Gasteiger charge is 2.23. The van der Waals surface area contributed by atoms with E-state index < -0.39 is 0 Å². The largest absolute Gasteiger partial charge is 0.497 e. The Morgan fingerprint density at radius 1 is 1.17 bits per heavy atom. The van der Waals surface area contributed by atoms with Crippen molar-refractivity contribution in [3.63, 3.8) is 0 Å². The van der Waals surface area contributed by atoms with Crippen molar-refractivity contribution in [2.45, 2.75) is 6.04 Å². The summed E-state index contributed by atoms with van der Waals surface area (Å²) in [5, 5.41) is 7.71. The monoisotopic (exact) mass is 382 g/mol. The van der Waals surface area contributed by atoms with Crippen LogP contribution in [0.4, 0.5) is 5.95 Å². The van der Waals surface area contributed by atoms with Crippen LogP contribution in [0.3, 0.4) is 0 Å². The van der Waals surface area contributed by atoms with E-state index in [2.05, 4.69) is 49.5 Å². The molecule has 6 heteroatoms. The maximum Gasteiger partial charge on any atom is 0.226 e. The summed E-state index contributed by atoms with van der Waals surface area (Å²) in [6.45, 7) is 0. The molecule has 1 atom stereocenters. The van der Waals surface area contributed by atoms with Gasteiger partial charge in [0.1, 0.15) is 18.1 Å². The van der Waals surface area contributed by atoms with E-state index in [4.69, 9.17) is 4.74 Å². The minimum atomic E-state index is -0.0154. The topological polar surface area (TPSA) is 52.0 Å². The highest BCUT2D eigenvalue weighted by molar-refractivity contribution is 9.10. The number of aromatic nitrogens is 3. The number of ether oxygens (including phenoxy) is 1. The lowest BCUT2D eigenvalue weighted by atomic mass is 10.0. The molecule has 1 aliphatic rings. The molecule has 24 heavy (non-hydrogen) atoms. The SMILES string of the molecule is COc1ccc(C2=C[C@H](c3cccc(Br)c3)n3ncnc3N2)cc1. The van der Waals surface area contributed by atoms with Crippen LogP contribution in [0.15, 0.2) is 65.4 Å². The third kappa shape index (κ3) is 2.69. The van der Waals surface area contributed by atoms with Gasteiger partial charge < -0.3 is 10.1 Å². The molecule has 0 amide bonds. The summed E-state index contributed by atoms with van der Waals surface area (Å²) in [5.74, 6) is 1.56. The molecule has 0 radical (unpaired) electrons. The van der Waals surface area contributed by atoms with Crippen LogP contribution in [0.2, 0.25) is 0 Å². The second-order valence-corrected chi connectivity index (χ2v) is 6.38.